The third-order valence-electron chi connectivity index (χ3n) is 6.21. The standard InChI is InChI=1S/C23H30N4O2/c1-3-20-16(2)24-22(25-23(20)29)18-6-4-12-26(15-18)14-17-8-10-19(11-9-17)27-13-5-7-21(27)28/h8-11,18H,3-7,12-15H2,1-2H3,(H,24,25,29)/t18-/m0/s1. The first kappa shape index (κ1) is 19.8. The number of piperidine rings is 1. The van der Waals surface area contributed by atoms with Crippen LogP contribution in [0.1, 0.15) is 61.2 Å². The smallest absolute Gasteiger partial charge is 0.254 e. The van der Waals surface area contributed by atoms with Gasteiger partial charge in [0.05, 0.1) is 0 Å². The van der Waals surface area contributed by atoms with E-state index >= 15 is 0 Å². The van der Waals surface area contributed by atoms with Crippen LogP contribution in [0.3, 0.4) is 0 Å². The summed E-state index contributed by atoms with van der Waals surface area (Å²) in [5.74, 6) is 1.32. The molecule has 154 valence electrons. The summed E-state index contributed by atoms with van der Waals surface area (Å²) < 4.78 is 0. The largest absolute Gasteiger partial charge is 0.312 e. The Kier molecular flexibility index (Phi) is 5.81. The number of aryl methyl sites for hydroxylation is 1. The number of rotatable bonds is 5. The highest BCUT2D eigenvalue weighted by atomic mass is 16.2. The summed E-state index contributed by atoms with van der Waals surface area (Å²) in [6, 6.07) is 8.38. The minimum atomic E-state index is 0.0131. The van der Waals surface area contributed by atoms with Gasteiger partial charge in [0.2, 0.25) is 5.91 Å². The highest BCUT2D eigenvalue weighted by Crippen LogP contribution is 2.26. The van der Waals surface area contributed by atoms with Crippen LogP contribution in [0.2, 0.25) is 0 Å². The number of nitrogens with zero attached hydrogens (tertiary/aromatic N) is 3. The van der Waals surface area contributed by atoms with Gasteiger partial charge in [0.1, 0.15) is 5.82 Å². The summed E-state index contributed by atoms with van der Waals surface area (Å²) in [6.07, 6.45) is 4.48. The van der Waals surface area contributed by atoms with Gasteiger partial charge in [0.25, 0.3) is 5.56 Å². The fourth-order valence-electron chi connectivity index (χ4n) is 4.62. The molecule has 2 saturated heterocycles. The average Bonchev–Trinajstić information content (AvgIpc) is 3.14. The highest BCUT2D eigenvalue weighted by Gasteiger charge is 2.25. The second-order valence-corrected chi connectivity index (χ2v) is 8.26. The van der Waals surface area contributed by atoms with Gasteiger partial charge >= 0.3 is 0 Å². The first-order valence-electron chi connectivity index (χ1n) is 10.8. The number of amides is 1. The lowest BCUT2D eigenvalue weighted by Crippen LogP contribution is -2.35. The number of aromatic amines is 1. The summed E-state index contributed by atoms with van der Waals surface area (Å²) in [5.41, 5.74) is 3.91. The minimum Gasteiger partial charge on any atom is -0.312 e. The zero-order valence-electron chi connectivity index (χ0n) is 17.4. The average molecular weight is 395 g/mol. The number of carbonyl (C=O) groups is 1. The van der Waals surface area contributed by atoms with Crippen molar-refractivity contribution in [3.8, 4) is 0 Å². The molecule has 1 amide bonds. The molecule has 29 heavy (non-hydrogen) atoms. The molecular weight excluding hydrogens is 364 g/mol. The van der Waals surface area contributed by atoms with Crippen LogP contribution < -0.4 is 10.5 Å². The molecule has 0 spiro atoms. The molecule has 0 bridgehead atoms. The van der Waals surface area contributed by atoms with Gasteiger partial charge < -0.3 is 9.88 Å². The molecule has 6 heteroatoms. The van der Waals surface area contributed by atoms with Crippen molar-refractivity contribution in [2.75, 3.05) is 24.5 Å². The van der Waals surface area contributed by atoms with Crippen LogP contribution in [0.4, 0.5) is 5.69 Å². The maximum absolute atomic E-state index is 12.3. The Morgan fingerprint density at radius 1 is 1.14 bits per heavy atom. The number of carbonyl (C=O) groups excluding carboxylic acids is 1. The molecule has 0 radical (unpaired) electrons. The summed E-state index contributed by atoms with van der Waals surface area (Å²) in [4.78, 5) is 36.3. The molecule has 1 N–H and O–H groups in total. The zero-order valence-corrected chi connectivity index (χ0v) is 17.4. The molecule has 4 rings (SSSR count). The van der Waals surface area contributed by atoms with E-state index in [-0.39, 0.29) is 17.4 Å². The van der Waals surface area contributed by atoms with Crippen LogP contribution in [-0.2, 0) is 17.8 Å². The number of hydrogen-bond donors (Lipinski definition) is 1. The number of H-pyrrole nitrogens is 1. The van der Waals surface area contributed by atoms with E-state index in [1.807, 2.05) is 18.7 Å². The van der Waals surface area contributed by atoms with Gasteiger partial charge in [-0.25, -0.2) is 4.98 Å². The van der Waals surface area contributed by atoms with E-state index < -0.39 is 0 Å². The van der Waals surface area contributed by atoms with Gasteiger partial charge in [-0.2, -0.15) is 0 Å². The number of aromatic nitrogens is 2. The summed E-state index contributed by atoms with van der Waals surface area (Å²) in [7, 11) is 0. The van der Waals surface area contributed by atoms with Gasteiger partial charge in [-0.3, -0.25) is 14.5 Å². The zero-order chi connectivity index (χ0) is 20.4. The van der Waals surface area contributed by atoms with E-state index in [1.54, 1.807) is 0 Å². The second-order valence-electron chi connectivity index (χ2n) is 8.26. The van der Waals surface area contributed by atoms with Crippen LogP contribution in [-0.4, -0.2) is 40.4 Å². The van der Waals surface area contributed by atoms with E-state index in [9.17, 15) is 9.59 Å². The van der Waals surface area contributed by atoms with E-state index in [4.69, 9.17) is 4.98 Å². The molecule has 1 aromatic heterocycles. The monoisotopic (exact) mass is 394 g/mol. The lowest BCUT2D eigenvalue weighted by Gasteiger charge is -2.32. The molecule has 3 heterocycles. The third kappa shape index (κ3) is 4.27. The number of benzene rings is 1. The van der Waals surface area contributed by atoms with Crippen molar-refractivity contribution < 1.29 is 4.79 Å². The molecule has 6 nitrogen and oxygen atoms in total. The Bertz CT molecular complexity index is 935. The summed E-state index contributed by atoms with van der Waals surface area (Å²) >= 11 is 0. The van der Waals surface area contributed by atoms with Gasteiger partial charge in [-0.15, -0.1) is 0 Å². The van der Waals surface area contributed by atoms with Crippen molar-refractivity contribution in [1.82, 2.24) is 14.9 Å². The Balaban J connectivity index is 1.42. The predicted molar refractivity (Wildman–Crippen MR) is 114 cm³/mol. The van der Waals surface area contributed by atoms with Crippen LogP contribution >= 0.6 is 0 Å². The van der Waals surface area contributed by atoms with E-state index in [1.165, 1.54) is 5.56 Å². The van der Waals surface area contributed by atoms with Crippen molar-refractivity contribution in [2.45, 2.75) is 58.4 Å². The van der Waals surface area contributed by atoms with Crippen molar-refractivity contribution in [3.63, 3.8) is 0 Å². The topological polar surface area (TPSA) is 69.3 Å². The molecule has 0 aliphatic carbocycles. The first-order valence-corrected chi connectivity index (χ1v) is 10.8. The number of likely N-dealkylation sites (tertiary alicyclic amines) is 1. The minimum absolute atomic E-state index is 0.0131. The Labute approximate surface area is 172 Å². The van der Waals surface area contributed by atoms with Crippen molar-refractivity contribution in [1.29, 1.82) is 0 Å². The Morgan fingerprint density at radius 3 is 2.59 bits per heavy atom. The predicted octanol–water partition coefficient (Wildman–Crippen LogP) is 3.15. The van der Waals surface area contributed by atoms with Crippen molar-refractivity contribution in [3.05, 3.63) is 57.3 Å². The molecule has 0 saturated carbocycles. The first-order chi connectivity index (χ1) is 14.0. The Morgan fingerprint density at radius 2 is 1.93 bits per heavy atom. The normalized spacial score (nSPS) is 20.4. The lowest BCUT2D eigenvalue weighted by atomic mass is 9.96. The van der Waals surface area contributed by atoms with Crippen LogP contribution in [0.5, 0.6) is 0 Å². The maximum atomic E-state index is 12.3. The van der Waals surface area contributed by atoms with Gasteiger partial charge in [0, 0.05) is 48.9 Å². The molecule has 0 unspecified atom stereocenters. The van der Waals surface area contributed by atoms with Gasteiger partial charge in [-0.1, -0.05) is 19.1 Å². The number of anilines is 1. The fourth-order valence-corrected chi connectivity index (χ4v) is 4.62. The number of hydrogen-bond acceptors (Lipinski definition) is 4. The van der Waals surface area contributed by atoms with Crippen LogP contribution in [0.25, 0.3) is 0 Å². The molecule has 2 aliphatic rings. The van der Waals surface area contributed by atoms with Crippen LogP contribution in [0.15, 0.2) is 29.1 Å². The van der Waals surface area contributed by atoms with Gasteiger partial charge in [0.15, 0.2) is 0 Å². The third-order valence-corrected chi connectivity index (χ3v) is 6.21. The Hall–Kier alpha value is -2.47. The van der Waals surface area contributed by atoms with E-state index in [0.29, 0.717) is 12.8 Å². The molecule has 1 aromatic carbocycles. The quantitative estimate of drug-likeness (QED) is 0.846. The summed E-state index contributed by atoms with van der Waals surface area (Å²) in [6.45, 7) is 7.59. The molecule has 2 aliphatic heterocycles. The molecular formula is C23H30N4O2. The van der Waals surface area contributed by atoms with Crippen molar-refractivity contribution in [2.24, 2.45) is 0 Å². The fraction of sp³-hybridized carbons (Fsp3) is 0.522. The van der Waals surface area contributed by atoms with E-state index in [0.717, 1.165) is 68.2 Å². The molecule has 2 fully saturated rings. The van der Waals surface area contributed by atoms with Crippen molar-refractivity contribution >= 4 is 11.6 Å². The number of nitrogens with one attached hydrogen (secondary N) is 1. The lowest BCUT2D eigenvalue weighted by molar-refractivity contribution is -0.117. The molecule has 1 atom stereocenters. The summed E-state index contributed by atoms with van der Waals surface area (Å²) in [5, 5.41) is 0. The second kappa shape index (κ2) is 8.49. The molecule has 2 aromatic rings. The maximum Gasteiger partial charge on any atom is 0.254 e. The highest BCUT2D eigenvalue weighted by molar-refractivity contribution is 5.95. The van der Waals surface area contributed by atoms with E-state index in [2.05, 4.69) is 34.1 Å². The van der Waals surface area contributed by atoms with Gasteiger partial charge in [-0.05, 0) is 56.8 Å². The van der Waals surface area contributed by atoms with Crippen LogP contribution in [0, 0.1) is 6.92 Å². The SMILES string of the molecule is CCc1c(C)nc([C@H]2CCCN(Cc3ccc(N4CCCC4=O)cc3)C2)[nH]c1=O.